The Morgan fingerprint density at radius 1 is 0.947 bits per heavy atom. The zero-order chi connectivity index (χ0) is 27.8. The van der Waals surface area contributed by atoms with Crippen molar-refractivity contribution in [1.82, 2.24) is 10.3 Å². The van der Waals surface area contributed by atoms with Crippen LogP contribution < -0.4 is 21.3 Å². The van der Waals surface area contributed by atoms with E-state index >= 15 is 0 Å². The number of aliphatic carboxylic acids is 1. The quantitative estimate of drug-likeness (QED) is 0.227. The lowest BCUT2D eigenvalue weighted by atomic mass is 9.97. The molecule has 0 aliphatic heterocycles. The molecular weight excluding hydrogens is 503 g/mol. The van der Waals surface area contributed by atoms with E-state index in [1.165, 1.54) is 6.07 Å². The summed E-state index contributed by atoms with van der Waals surface area (Å²) >= 11 is 0. The number of nitrogens with zero attached hydrogens (tertiary/aromatic N) is 1. The second kappa shape index (κ2) is 12.6. The fourth-order valence-corrected chi connectivity index (χ4v) is 3.51. The van der Waals surface area contributed by atoms with Gasteiger partial charge in [0, 0.05) is 24.5 Å². The average Bonchev–Trinajstić information content (AvgIpc) is 2.88. The van der Waals surface area contributed by atoms with Crippen LogP contribution in [0.3, 0.4) is 0 Å². The Morgan fingerprint density at radius 2 is 1.66 bits per heavy atom. The summed E-state index contributed by atoms with van der Waals surface area (Å²) < 4.78 is 41.5. The van der Waals surface area contributed by atoms with Gasteiger partial charge in [-0.3, -0.25) is 14.9 Å². The molecule has 0 aliphatic carbocycles. The van der Waals surface area contributed by atoms with E-state index in [1.54, 1.807) is 38.1 Å². The van der Waals surface area contributed by atoms with Gasteiger partial charge in [0.15, 0.2) is 17.5 Å². The van der Waals surface area contributed by atoms with Gasteiger partial charge >= 0.3 is 12.0 Å². The molecule has 0 aliphatic rings. The first-order chi connectivity index (χ1) is 18.1. The van der Waals surface area contributed by atoms with Gasteiger partial charge in [-0.2, -0.15) is 0 Å². The van der Waals surface area contributed by atoms with Gasteiger partial charge in [-0.15, -0.1) is 0 Å². The summed E-state index contributed by atoms with van der Waals surface area (Å²) in [6.07, 6.45) is 1.93. The van der Waals surface area contributed by atoms with Crippen LogP contribution >= 0.6 is 0 Å². The third-order valence-corrected chi connectivity index (χ3v) is 5.57. The highest BCUT2D eigenvalue weighted by molar-refractivity contribution is 6.08. The number of anilines is 4. The van der Waals surface area contributed by atoms with Crippen molar-refractivity contribution in [2.45, 2.75) is 26.7 Å². The SMILES string of the molecule is CCNC(=O)Nc1cc(Nc2ccc(F)c(F)c2F)c(C(=O)Nc2ccc(CC(CC)C(=O)O)cc2)cn1. The molecular formula is C26H26F3N5O4. The predicted molar refractivity (Wildman–Crippen MR) is 136 cm³/mol. The topological polar surface area (TPSA) is 132 Å². The van der Waals surface area contributed by atoms with Crippen molar-refractivity contribution < 1.29 is 32.7 Å². The van der Waals surface area contributed by atoms with Crippen molar-refractivity contribution in [3.8, 4) is 0 Å². The van der Waals surface area contributed by atoms with Crippen molar-refractivity contribution >= 4 is 40.8 Å². The highest BCUT2D eigenvalue weighted by Crippen LogP contribution is 2.28. The minimum atomic E-state index is -1.69. The summed E-state index contributed by atoms with van der Waals surface area (Å²) in [5.41, 5.74) is 0.587. The summed E-state index contributed by atoms with van der Waals surface area (Å²) in [6.45, 7) is 3.84. The Labute approximate surface area is 216 Å². The van der Waals surface area contributed by atoms with E-state index in [-0.39, 0.29) is 17.1 Å². The molecule has 1 atom stereocenters. The van der Waals surface area contributed by atoms with Gasteiger partial charge in [0.25, 0.3) is 5.91 Å². The standard InChI is InChI=1S/C26H26F3N5O4/c1-3-15(25(36)37)11-14-5-7-16(8-6-14)32-24(35)17-13-31-21(34-26(38)30-4-2)12-20(17)33-19-10-9-18(27)22(28)23(19)29/h5-10,12-13,15H,3-4,11H2,1-2H3,(H,32,35)(H,36,37)(H3,30,31,33,34,38). The first-order valence-electron chi connectivity index (χ1n) is 11.7. The van der Waals surface area contributed by atoms with Gasteiger partial charge in [0.2, 0.25) is 0 Å². The number of benzene rings is 2. The molecule has 38 heavy (non-hydrogen) atoms. The third-order valence-electron chi connectivity index (χ3n) is 5.57. The van der Waals surface area contributed by atoms with E-state index < -0.39 is 47.0 Å². The minimum Gasteiger partial charge on any atom is -0.481 e. The molecule has 0 spiro atoms. The molecule has 200 valence electrons. The Bertz CT molecular complexity index is 1340. The Morgan fingerprint density at radius 3 is 2.29 bits per heavy atom. The molecule has 0 radical (unpaired) electrons. The maximum atomic E-state index is 14.3. The van der Waals surface area contributed by atoms with Crippen LogP contribution in [0.1, 0.15) is 36.2 Å². The van der Waals surface area contributed by atoms with E-state index in [2.05, 4.69) is 26.3 Å². The highest BCUT2D eigenvalue weighted by Gasteiger charge is 2.19. The largest absolute Gasteiger partial charge is 0.481 e. The lowest BCUT2D eigenvalue weighted by molar-refractivity contribution is -0.141. The molecule has 5 N–H and O–H groups in total. The van der Waals surface area contributed by atoms with Crippen LogP contribution in [-0.4, -0.2) is 34.5 Å². The number of halogens is 3. The number of carbonyl (C=O) groups is 3. The second-order valence-corrected chi connectivity index (χ2v) is 8.25. The van der Waals surface area contributed by atoms with Crippen molar-refractivity contribution in [1.29, 1.82) is 0 Å². The number of carboxylic acids is 1. The van der Waals surface area contributed by atoms with Gasteiger partial charge in [0.1, 0.15) is 5.82 Å². The van der Waals surface area contributed by atoms with E-state index in [0.717, 1.165) is 23.9 Å². The van der Waals surface area contributed by atoms with E-state index in [0.29, 0.717) is 25.1 Å². The number of aromatic nitrogens is 1. The van der Waals surface area contributed by atoms with Crippen LogP contribution in [0, 0.1) is 23.4 Å². The molecule has 9 nitrogen and oxygen atoms in total. The maximum Gasteiger partial charge on any atom is 0.320 e. The first kappa shape index (κ1) is 28.0. The minimum absolute atomic E-state index is 0.00579. The van der Waals surface area contributed by atoms with Crippen molar-refractivity contribution in [2.75, 3.05) is 22.5 Å². The van der Waals surface area contributed by atoms with Gasteiger partial charge < -0.3 is 21.1 Å². The number of hydrogen-bond donors (Lipinski definition) is 5. The van der Waals surface area contributed by atoms with E-state index in [1.807, 2.05) is 0 Å². The molecule has 0 bridgehead atoms. The normalized spacial score (nSPS) is 11.4. The Kier molecular flexibility index (Phi) is 9.25. The van der Waals surface area contributed by atoms with Crippen LogP contribution in [0.4, 0.5) is 40.8 Å². The van der Waals surface area contributed by atoms with Crippen LogP contribution in [-0.2, 0) is 11.2 Å². The second-order valence-electron chi connectivity index (χ2n) is 8.25. The van der Waals surface area contributed by atoms with Gasteiger partial charge in [-0.25, -0.2) is 22.9 Å². The molecule has 0 saturated carbocycles. The molecule has 3 amide bonds. The molecule has 2 aromatic carbocycles. The van der Waals surface area contributed by atoms with E-state index in [9.17, 15) is 32.7 Å². The van der Waals surface area contributed by atoms with Crippen molar-refractivity contribution in [2.24, 2.45) is 5.92 Å². The monoisotopic (exact) mass is 529 g/mol. The van der Waals surface area contributed by atoms with Gasteiger partial charge in [-0.05, 0) is 49.6 Å². The number of pyridine rings is 1. The fourth-order valence-electron chi connectivity index (χ4n) is 3.51. The summed E-state index contributed by atoms with van der Waals surface area (Å²) in [6, 6.07) is 8.94. The van der Waals surface area contributed by atoms with Crippen LogP contribution in [0.15, 0.2) is 48.7 Å². The number of carbonyl (C=O) groups excluding carboxylic acids is 2. The highest BCUT2D eigenvalue weighted by atomic mass is 19.2. The van der Waals surface area contributed by atoms with Gasteiger partial charge in [-0.1, -0.05) is 19.1 Å². The molecule has 0 saturated heterocycles. The van der Waals surface area contributed by atoms with Crippen molar-refractivity contribution in [3.63, 3.8) is 0 Å². The lowest BCUT2D eigenvalue weighted by Crippen LogP contribution is -2.28. The summed E-state index contributed by atoms with van der Waals surface area (Å²) in [5.74, 6) is -6.64. The average molecular weight is 530 g/mol. The fraction of sp³-hybridized carbons (Fsp3) is 0.231. The molecule has 12 heteroatoms. The molecule has 1 unspecified atom stereocenters. The number of nitrogens with one attached hydrogen (secondary N) is 4. The van der Waals surface area contributed by atoms with Crippen LogP contribution in [0.25, 0.3) is 0 Å². The maximum absolute atomic E-state index is 14.3. The first-order valence-corrected chi connectivity index (χ1v) is 11.7. The molecule has 3 rings (SSSR count). The number of hydrogen-bond acceptors (Lipinski definition) is 5. The number of rotatable bonds is 10. The smallest absolute Gasteiger partial charge is 0.320 e. The third kappa shape index (κ3) is 6.99. The number of amides is 3. The number of carboxylic acid groups (broad SMARTS) is 1. The van der Waals surface area contributed by atoms with Gasteiger partial charge in [0.05, 0.1) is 22.9 Å². The van der Waals surface area contributed by atoms with Crippen LogP contribution in [0.5, 0.6) is 0 Å². The summed E-state index contributed by atoms with van der Waals surface area (Å²) in [4.78, 5) is 40.3. The number of urea groups is 1. The lowest BCUT2D eigenvalue weighted by Gasteiger charge is -2.15. The zero-order valence-electron chi connectivity index (χ0n) is 20.6. The predicted octanol–water partition coefficient (Wildman–Crippen LogP) is 5.29. The summed E-state index contributed by atoms with van der Waals surface area (Å²) in [5, 5.41) is 19.4. The zero-order valence-corrected chi connectivity index (χ0v) is 20.6. The Balaban J connectivity index is 1.87. The molecule has 1 heterocycles. The van der Waals surface area contributed by atoms with E-state index in [4.69, 9.17) is 0 Å². The molecule has 1 aromatic heterocycles. The molecule has 0 fully saturated rings. The van der Waals surface area contributed by atoms with Crippen LogP contribution in [0.2, 0.25) is 0 Å². The molecule has 3 aromatic rings. The Hall–Kier alpha value is -4.61. The van der Waals surface area contributed by atoms with Crippen molar-refractivity contribution in [3.05, 3.63) is 77.2 Å². The summed E-state index contributed by atoms with van der Waals surface area (Å²) in [7, 11) is 0.